The van der Waals surface area contributed by atoms with Gasteiger partial charge in [0.1, 0.15) is 10.1 Å². The number of amides is 2. The highest BCUT2D eigenvalue weighted by molar-refractivity contribution is 8.26. The number of carbonyl (C=O) groups excluding carboxylic acids is 2. The van der Waals surface area contributed by atoms with Gasteiger partial charge in [-0.2, -0.15) is 0 Å². The summed E-state index contributed by atoms with van der Waals surface area (Å²) in [5.74, 6) is 0.447. The Kier molecular flexibility index (Phi) is 7.30. The zero-order chi connectivity index (χ0) is 20.8. The number of thioether (sulfide) groups is 1. The minimum absolute atomic E-state index is 0.135. The standard InChI is InChI=1S/C21H19ClN2O3S2/c1-27-17-8-2-5-14(11-17)12-18-20(26)24(21(28)29-18)10-4-9-19(25)23-16-7-3-6-15(22)13-16/h2-3,5-8,11-13H,4,9-10H2,1H3,(H,23,25)/b18-12-. The molecule has 0 spiro atoms. The molecule has 1 N–H and O–H groups in total. The summed E-state index contributed by atoms with van der Waals surface area (Å²) in [4.78, 5) is 26.9. The van der Waals surface area contributed by atoms with Crippen molar-refractivity contribution in [3.8, 4) is 5.75 Å². The molecule has 0 saturated carbocycles. The van der Waals surface area contributed by atoms with Crippen LogP contribution in [0.1, 0.15) is 18.4 Å². The molecule has 0 unspecified atom stereocenters. The molecule has 2 aromatic rings. The highest BCUT2D eigenvalue weighted by atomic mass is 35.5. The van der Waals surface area contributed by atoms with Crippen molar-refractivity contribution >= 4 is 63.5 Å². The Morgan fingerprint density at radius 2 is 2.07 bits per heavy atom. The molecule has 29 heavy (non-hydrogen) atoms. The highest BCUT2D eigenvalue weighted by Gasteiger charge is 2.31. The predicted molar refractivity (Wildman–Crippen MR) is 122 cm³/mol. The van der Waals surface area contributed by atoms with Gasteiger partial charge in [-0.05, 0) is 48.4 Å². The van der Waals surface area contributed by atoms with Gasteiger partial charge in [0.05, 0.1) is 12.0 Å². The third kappa shape index (κ3) is 5.82. The van der Waals surface area contributed by atoms with E-state index in [0.29, 0.717) is 32.9 Å². The van der Waals surface area contributed by atoms with Gasteiger partial charge in [0.2, 0.25) is 5.91 Å². The van der Waals surface area contributed by atoms with Crippen LogP contribution in [0.3, 0.4) is 0 Å². The third-order valence-corrected chi connectivity index (χ3v) is 5.77. The van der Waals surface area contributed by atoms with Gasteiger partial charge in [-0.15, -0.1) is 0 Å². The second-order valence-electron chi connectivity index (χ2n) is 6.27. The first kappa shape index (κ1) is 21.4. The normalized spacial score (nSPS) is 15.1. The summed E-state index contributed by atoms with van der Waals surface area (Å²) in [5.41, 5.74) is 1.51. The van der Waals surface area contributed by atoms with E-state index in [9.17, 15) is 9.59 Å². The van der Waals surface area contributed by atoms with E-state index < -0.39 is 0 Å². The van der Waals surface area contributed by atoms with Crippen molar-refractivity contribution in [2.45, 2.75) is 12.8 Å². The molecular weight excluding hydrogens is 428 g/mol. The molecule has 0 bridgehead atoms. The van der Waals surface area contributed by atoms with E-state index in [1.165, 1.54) is 11.8 Å². The van der Waals surface area contributed by atoms with Gasteiger partial charge in [-0.1, -0.05) is 53.8 Å². The van der Waals surface area contributed by atoms with Gasteiger partial charge in [0.25, 0.3) is 5.91 Å². The maximum absolute atomic E-state index is 12.7. The molecule has 0 atom stereocenters. The molecule has 0 radical (unpaired) electrons. The number of carbonyl (C=O) groups is 2. The van der Waals surface area contributed by atoms with Crippen LogP contribution >= 0.6 is 35.6 Å². The molecule has 1 saturated heterocycles. The summed E-state index contributed by atoms with van der Waals surface area (Å²) in [7, 11) is 1.60. The first-order chi connectivity index (χ1) is 14.0. The molecule has 0 aromatic heterocycles. The van der Waals surface area contributed by atoms with Crippen LogP contribution in [0.15, 0.2) is 53.4 Å². The summed E-state index contributed by atoms with van der Waals surface area (Å²) in [6, 6.07) is 14.4. The van der Waals surface area contributed by atoms with Gasteiger partial charge in [-0.25, -0.2) is 0 Å². The number of anilines is 1. The van der Waals surface area contributed by atoms with Crippen LogP contribution < -0.4 is 10.1 Å². The number of methoxy groups -OCH3 is 1. The Morgan fingerprint density at radius 1 is 1.28 bits per heavy atom. The molecule has 2 aromatic carbocycles. The molecule has 1 heterocycles. The van der Waals surface area contributed by atoms with Crippen molar-refractivity contribution < 1.29 is 14.3 Å². The summed E-state index contributed by atoms with van der Waals surface area (Å²) in [5, 5.41) is 3.35. The molecule has 2 amide bonds. The Hall–Kier alpha value is -2.35. The molecule has 150 valence electrons. The van der Waals surface area contributed by atoms with E-state index in [-0.39, 0.29) is 18.2 Å². The van der Waals surface area contributed by atoms with E-state index in [4.69, 9.17) is 28.6 Å². The fourth-order valence-electron chi connectivity index (χ4n) is 2.76. The number of rotatable bonds is 7. The first-order valence-corrected chi connectivity index (χ1v) is 10.5. The van der Waals surface area contributed by atoms with Crippen LogP contribution in [-0.4, -0.2) is 34.7 Å². The number of hydrogen-bond donors (Lipinski definition) is 1. The van der Waals surface area contributed by atoms with Gasteiger partial charge in [0, 0.05) is 23.7 Å². The van der Waals surface area contributed by atoms with Crippen molar-refractivity contribution in [3.05, 3.63) is 64.0 Å². The van der Waals surface area contributed by atoms with E-state index in [0.717, 1.165) is 11.3 Å². The van der Waals surface area contributed by atoms with Gasteiger partial charge < -0.3 is 10.1 Å². The molecule has 3 rings (SSSR count). The maximum atomic E-state index is 12.7. The summed E-state index contributed by atoms with van der Waals surface area (Å²) < 4.78 is 5.71. The molecule has 5 nitrogen and oxygen atoms in total. The van der Waals surface area contributed by atoms with Crippen molar-refractivity contribution in [2.24, 2.45) is 0 Å². The van der Waals surface area contributed by atoms with Gasteiger partial charge >= 0.3 is 0 Å². The average Bonchev–Trinajstić information content (AvgIpc) is 2.95. The SMILES string of the molecule is COc1cccc(/C=C2\SC(=S)N(CCCC(=O)Nc3cccc(Cl)c3)C2=O)c1. The van der Waals surface area contributed by atoms with Crippen molar-refractivity contribution in [3.63, 3.8) is 0 Å². The molecule has 8 heteroatoms. The second kappa shape index (κ2) is 9.91. The lowest BCUT2D eigenvalue weighted by Crippen LogP contribution is -2.29. The zero-order valence-corrected chi connectivity index (χ0v) is 18.1. The fraction of sp³-hybridized carbons (Fsp3) is 0.190. The monoisotopic (exact) mass is 446 g/mol. The molecule has 0 aliphatic carbocycles. The number of ether oxygens (including phenoxy) is 1. The van der Waals surface area contributed by atoms with E-state index >= 15 is 0 Å². The number of nitrogens with zero attached hydrogens (tertiary/aromatic N) is 1. The Bertz CT molecular complexity index is 978. The van der Waals surface area contributed by atoms with Crippen molar-refractivity contribution in [1.82, 2.24) is 4.90 Å². The minimum atomic E-state index is -0.141. The summed E-state index contributed by atoms with van der Waals surface area (Å²) in [6.45, 7) is 0.392. The first-order valence-electron chi connectivity index (χ1n) is 8.91. The van der Waals surface area contributed by atoms with Crippen LogP contribution in [0, 0.1) is 0 Å². The number of benzene rings is 2. The minimum Gasteiger partial charge on any atom is -0.497 e. The lowest BCUT2D eigenvalue weighted by atomic mass is 10.2. The maximum Gasteiger partial charge on any atom is 0.266 e. The predicted octanol–water partition coefficient (Wildman–Crippen LogP) is 4.97. The Balaban J connectivity index is 1.54. The van der Waals surface area contributed by atoms with E-state index in [1.807, 2.05) is 24.3 Å². The molecule has 1 aliphatic rings. The van der Waals surface area contributed by atoms with Crippen molar-refractivity contribution in [1.29, 1.82) is 0 Å². The number of hydrogen-bond acceptors (Lipinski definition) is 5. The second-order valence-corrected chi connectivity index (χ2v) is 8.38. The lowest BCUT2D eigenvalue weighted by molar-refractivity contribution is -0.122. The summed E-state index contributed by atoms with van der Waals surface area (Å²) >= 11 is 12.5. The van der Waals surface area contributed by atoms with Crippen LogP contribution in [-0.2, 0) is 9.59 Å². The average molecular weight is 447 g/mol. The zero-order valence-electron chi connectivity index (χ0n) is 15.7. The Labute approximate surface area is 184 Å². The largest absolute Gasteiger partial charge is 0.497 e. The van der Waals surface area contributed by atoms with E-state index in [2.05, 4.69) is 5.32 Å². The molecule has 1 fully saturated rings. The van der Waals surface area contributed by atoms with E-state index in [1.54, 1.807) is 42.4 Å². The quantitative estimate of drug-likeness (QED) is 0.480. The van der Waals surface area contributed by atoms with Crippen LogP contribution in [0.4, 0.5) is 5.69 Å². The van der Waals surface area contributed by atoms with Crippen LogP contribution in [0.2, 0.25) is 5.02 Å². The molecule has 1 aliphatic heterocycles. The summed E-state index contributed by atoms with van der Waals surface area (Å²) in [6.07, 6.45) is 2.58. The number of thiocarbonyl (C=S) groups is 1. The number of nitrogens with one attached hydrogen (secondary N) is 1. The number of halogens is 1. The third-order valence-electron chi connectivity index (χ3n) is 4.16. The van der Waals surface area contributed by atoms with Crippen LogP contribution in [0.25, 0.3) is 6.08 Å². The highest BCUT2D eigenvalue weighted by Crippen LogP contribution is 2.33. The van der Waals surface area contributed by atoms with Gasteiger partial charge in [0.15, 0.2) is 0 Å². The van der Waals surface area contributed by atoms with Gasteiger partial charge in [-0.3, -0.25) is 14.5 Å². The van der Waals surface area contributed by atoms with Crippen molar-refractivity contribution in [2.75, 3.05) is 19.0 Å². The smallest absolute Gasteiger partial charge is 0.266 e. The lowest BCUT2D eigenvalue weighted by Gasteiger charge is -2.14. The van der Waals surface area contributed by atoms with Crippen LogP contribution in [0.5, 0.6) is 5.75 Å². The fourth-order valence-corrected chi connectivity index (χ4v) is 4.26. The molecular formula is C21H19ClN2O3S2. The topological polar surface area (TPSA) is 58.6 Å². The Morgan fingerprint density at radius 3 is 2.83 bits per heavy atom.